The maximum absolute atomic E-state index is 13.9. The molecule has 0 radical (unpaired) electrons. The lowest BCUT2D eigenvalue weighted by atomic mass is 9.98. The molecular formula is C40H36N2O5. The van der Waals surface area contributed by atoms with Crippen molar-refractivity contribution < 1.29 is 23.9 Å². The van der Waals surface area contributed by atoms with E-state index in [1.54, 1.807) is 24.3 Å². The van der Waals surface area contributed by atoms with Gasteiger partial charge in [-0.25, -0.2) is 9.59 Å². The lowest BCUT2D eigenvalue weighted by Crippen LogP contribution is -2.52. The van der Waals surface area contributed by atoms with E-state index in [1.807, 2.05) is 91.0 Å². The van der Waals surface area contributed by atoms with Gasteiger partial charge in [0, 0.05) is 12.3 Å². The molecule has 0 fully saturated rings. The number of fused-ring (bicyclic) bond motifs is 3. The van der Waals surface area contributed by atoms with Gasteiger partial charge < -0.3 is 20.1 Å². The summed E-state index contributed by atoms with van der Waals surface area (Å²) in [7, 11) is 0. The van der Waals surface area contributed by atoms with E-state index in [2.05, 4.69) is 34.9 Å². The number of benzene rings is 5. The molecule has 5 aromatic rings. The summed E-state index contributed by atoms with van der Waals surface area (Å²) in [6.45, 7) is 0.0863. The molecule has 47 heavy (non-hydrogen) atoms. The summed E-state index contributed by atoms with van der Waals surface area (Å²) >= 11 is 0. The van der Waals surface area contributed by atoms with E-state index < -0.39 is 30.1 Å². The summed E-state index contributed by atoms with van der Waals surface area (Å²) < 4.78 is 11.4. The van der Waals surface area contributed by atoms with Crippen LogP contribution in [0.2, 0.25) is 0 Å². The summed E-state index contributed by atoms with van der Waals surface area (Å²) in [5, 5.41) is 5.85. The fraction of sp³-hybridized carbons (Fsp3) is 0.175. The number of alkyl carbamates (subject to hydrolysis) is 1. The van der Waals surface area contributed by atoms with E-state index in [1.165, 1.54) is 0 Å². The predicted octanol–water partition coefficient (Wildman–Crippen LogP) is 6.72. The number of hydrogen-bond acceptors (Lipinski definition) is 5. The first-order valence-corrected chi connectivity index (χ1v) is 15.8. The number of ether oxygens (including phenoxy) is 2. The molecule has 7 nitrogen and oxygen atoms in total. The van der Waals surface area contributed by atoms with Crippen LogP contribution in [0.3, 0.4) is 0 Å². The molecular weight excluding hydrogens is 588 g/mol. The van der Waals surface area contributed by atoms with Crippen molar-refractivity contribution in [3.8, 4) is 11.1 Å². The maximum Gasteiger partial charge on any atom is 0.407 e. The van der Waals surface area contributed by atoms with Crippen molar-refractivity contribution in [2.45, 2.75) is 30.8 Å². The Morgan fingerprint density at radius 3 is 1.68 bits per heavy atom. The number of hydrogen-bond donors (Lipinski definition) is 2. The highest BCUT2D eigenvalue weighted by atomic mass is 16.5. The smallest absolute Gasteiger partial charge is 0.407 e. The Hall–Kier alpha value is -5.69. The zero-order chi connectivity index (χ0) is 32.4. The molecule has 1 aliphatic rings. The molecule has 2 N–H and O–H groups in total. The van der Waals surface area contributed by atoms with Crippen LogP contribution >= 0.6 is 0 Å². The average Bonchev–Trinajstić information content (AvgIpc) is 3.44. The third-order valence-electron chi connectivity index (χ3n) is 8.33. The topological polar surface area (TPSA) is 93.7 Å². The Morgan fingerprint density at radius 2 is 1.09 bits per heavy atom. The van der Waals surface area contributed by atoms with Gasteiger partial charge in [0.1, 0.15) is 19.3 Å². The van der Waals surface area contributed by atoms with Gasteiger partial charge in [-0.2, -0.15) is 0 Å². The Morgan fingerprint density at radius 1 is 0.574 bits per heavy atom. The lowest BCUT2D eigenvalue weighted by Gasteiger charge is -2.24. The Bertz CT molecular complexity index is 1770. The fourth-order valence-electron chi connectivity index (χ4n) is 6.03. The fourth-order valence-corrected chi connectivity index (χ4v) is 6.03. The molecule has 0 unspecified atom stereocenters. The number of esters is 1. The second-order valence-electron chi connectivity index (χ2n) is 11.6. The molecule has 0 saturated heterocycles. The minimum Gasteiger partial charge on any atom is -0.460 e. The Kier molecular flexibility index (Phi) is 10.0. The van der Waals surface area contributed by atoms with Gasteiger partial charge in [0.25, 0.3) is 0 Å². The van der Waals surface area contributed by atoms with Gasteiger partial charge in [0.05, 0.1) is 11.6 Å². The van der Waals surface area contributed by atoms with Gasteiger partial charge in [-0.3, -0.25) is 4.79 Å². The maximum atomic E-state index is 13.9. The summed E-state index contributed by atoms with van der Waals surface area (Å²) in [6.07, 6.45) is -0.00539. The van der Waals surface area contributed by atoms with E-state index in [9.17, 15) is 14.4 Å². The van der Waals surface area contributed by atoms with Crippen LogP contribution in [0, 0.1) is 0 Å². The highest BCUT2D eigenvalue weighted by molar-refractivity contribution is 5.89. The molecule has 0 aromatic heterocycles. The van der Waals surface area contributed by atoms with Gasteiger partial charge >= 0.3 is 12.1 Å². The van der Waals surface area contributed by atoms with E-state index >= 15 is 0 Å². The van der Waals surface area contributed by atoms with Crippen LogP contribution in [0.1, 0.15) is 38.5 Å². The second-order valence-corrected chi connectivity index (χ2v) is 11.6. The summed E-state index contributed by atoms with van der Waals surface area (Å²) in [5.41, 5.74) is 6.75. The molecule has 0 saturated carbocycles. The molecule has 7 heteroatoms. The van der Waals surface area contributed by atoms with Crippen LogP contribution in [-0.2, 0) is 27.1 Å². The van der Waals surface area contributed by atoms with Crippen molar-refractivity contribution in [3.05, 3.63) is 167 Å². The van der Waals surface area contributed by atoms with Gasteiger partial charge in [-0.05, 0) is 51.9 Å². The highest BCUT2D eigenvalue weighted by Crippen LogP contribution is 2.44. The number of carbonyl (C=O) groups excluding carboxylic acids is 3. The van der Waals surface area contributed by atoms with Crippen LogP contribution in [-0.4, -0.2) is 43.3 Å². The summed E-state index contributed by atoms with van der Waals surface area (Å²) in [5.74, 6) is -0.987. The van der Waals surface area contributed by atoms with E-state index in [0.29, 0.717) is 12.0 Å². The van der Waals surface area contributed by atoms with Gasteiger partial charge in [-0.15, -0.1) is 0 Å². The lowest BCUT2D eigenvalue weighted by molar-refractivity contribution is -0.124. The first-order chi connectivity index (χ1) is 23.0. The molecule has 0 spiro atoms. The molecule has 236 valence electrons. The quantitative estimate of drug-likeness (QED) is 0.150. The van der Waals surface area contributed by atoms with E-state index in [0.717, 1.165) is 33.4 Å². The number of amides is 2. The molecule has 0 aliphatic heterocycles. The Balaban J connectivity index is 1.15. The van der Waals surface area contributed by atoms with Crippen molar-refractivity contribution in [3.63, 3.8) is 0 Å². The normalized spacial score (nSPS) is 13.0. The molecule has 6 rings (SSSR count). The van der Waals surface area contributed by atoms with Crippen molar-refractivity contribution >= 4 is 18.0 Å². The van der Waals surface area contributed by atoms with Gasteiger partial charge in [-0.1, -0.05) is 127 Å². The summed E-state index contributed by atoms with van der Waals surface area (Å²) in [6, 6.07) is 42.7. The first-order valence-electron chi connectivity index (χ1n) is 15.8. The second kappa shape index (κ2) is 15.1. The number of rotatable bonds is 12. The van der Waals surface area contributed by atoms with Crippen LogP contribution in [0.15, 0.2) is 140 Å². The zero-order valence-corrected chi connectivity index (χ0v) is 25.9. The van der Waals surface area contributed by atoms with Crippen LogP contribution in [0.4, 0.5) is 4.79 Å². The van der Waals surface area contributed by atoms with Crippen LogP contribution < -0.4 is 10.6 Å². The van der Waals surface area contributed by atoms with Crippen molar-refractivity contribution in [1.82, 2.24) is 10.6 Å². The van der Waals surface area contributed by atoms with Gasteiger partial charge in [0.2, 0.25) is 5.91 Å². The SMILES string of the molecule is O=C(N[C@@H](Cc1ccccc1)C(=O)N[C@H](COC(=O)c1ccccc1)Cc1ccccc1)OCC1c2ccccc2-c2ccccc21. The van der Waals surface area contributed by atoms with Crippen molar-refractivity contribution in [2.24, 2.45) is 0 Å². The monoisotopic (exact) mass is 624 g/mol. The average molecular weight is 625 g/mol. The molecule has 2 amide bonds. The largest absolute Gasteiger partial charge is 0.460 e. The molecule has 5 aromatic carbocycles. The number of nitrogens with one attached hydrogen (secondary N) is 2. The highest BCUT2D eigenvalue weighted by Gasteiger charge is 2.30. The number of carbonyl (C=O) groups is 3. The molecule has 2 atom stereocenters. The molecule has 0 bridgehead atoms. The van der Waals surface area contributed by atoms with E-state index in [4.69, 9.17) is 9.47 Å². The standard InChI is InChI=1S/C40H36N2O5/c43-38(41-31(24-28-14-4-1-5-15-28)26-46-39(44)30-18-8-3-9-19-30)37(25-29-16-6-2-7-17-29)42-40(45)47-27-36-34-22-12-10-20-32(34)33-21-11-13-23-35(33)36/h1-23,31,36-37H,24-27H2,(H,41,43)(H,42,45)/t31-,37-/m0/s1. The van der Waals surface area contributed by atoms with Crippen molar-refractivity contribution in [1.29, 1.82) is 0 Å². The van der Waals surface area contributed by atoms with E-state index in [-0.39, 0.29) is 25.6 Å². The van der Waals surface area contributed by atoms with Crippen molar-refractivity contribution in [2.75, 3.05) is 13.2 Å². The zero-order valence-electron chi connectivity index (χ0n) is 25.9. The third kappa shape index (κ3) is 7.94. The third-order valence-corrected chi connectivity index (χ3v) is 8.33. The molecule has 1 aliphatic carbocycles. The predicted molar refractivity (Wildman–Crippen MR) is 181 cm³/mol. The minimum atomic E-state index is -0.934. The summed E-state index contributed by atoms with van der Waals surface area (Å²) in [4.78, 5) is 39.9. The Labute approximate surface area is 274 Å². The van der Waals surface area contributed by atoms with Crippen LogP contribution in [0.5, 0.6) is 0 Å². The van der Waals surface area contributed by atoms with Crippen LogP contribution in [0.25, 0.3) is 11.1 Å². The first kappa shape index (κ1) is 31.3. The molecule has 0 heterocycles. The minimum absolute atomic E-state index is 0.0443. The van der Waals surface area contributed by atoms with Gasteiger partial charge in [0.15, 0.2) is 0 Å².